The summed E-state index contributed by atoms with van der Waals surface area (Å²) < 4.78 is 0. The van der Waals surface area contributed by atoms with Crippen molar-refractivity contribution in [3.8, 4) is 0 Å². The van der Waals surface area contributed by atoms with Gasteiger partial charge in [0.15, 0.2) is 0 Å². The van der Waals surface area contributed by atoms with Crippen LogP contribution in [0.15, 0.2) is 107 Å². The van der Waals surface area contributed by atoms with Gasteiger partial charge in [-0.15, -0.1) is 0 Å². The highest BCUT2D eigenvalue weighted by Gasteiger charge is 2.06. The van der Waals surface area contributed by atoms with E-state index in [0.717, 1.165) is 34.2 Å². The number of hydrogen-bond acceptors (Lipinski definition) is 2. The summed E-state index contributed by atoms with van der Waals surface area (Å²) in [6.45, 7) is 4.06. The molecule has 31 heavy (non-hydrogen) atoms. The Morgan fingerprint density at radius 2 is 0.935 bits per heavy atom. The molecule has 0 saturated heterocycles. The van der Waals surface area contributed by atoms with Gasteiger partial charge in [0.1, 0.15) is 0 Å². The van der Waals surface area contributed by atoms with Gasteiger partial charge < -0.3 is 4.98 Å². The molecule has 0 unspecified atom stereocenters. The van der Waals surface area contributed by atoms with Gasteiger partial charge in [-0.1, -0.05) is 60.7 Å². The quantitative estimate of drug-likeness (QED) is 0.301. The number of aromatic amines is 1. The Labute approximate surface area is 181 Å². The summed E-state index contributed by atoms with van der Waals surface area (Å²) in [5.74, 6) is 0. The summed E-state index contributed by atoms with van der Waals surface area (Å²) >= 11 is 0. The molecule has 3 nitrogen and oxygen atoms in total. The lowest BCUT2D eigenvalue weighted by molar-refractivity contribution is 1.31. The van der Waals surface area contributed by atoms with Crippen LogP contribution < -0.4 is 0 Å². The first-order valence-electron chi connectivity index (χ1n) is 10.4. The van der Waals surface area contributed by atoms with Crippen LogP contribution in [0.2, 0.25) is 0 Å². The topological polar surface area (TPSA) is 40.5 Å². The molecule has 0 aliphatic heterocycles. The van der Waals surface area contributed by atoms with Gasteiger partial charge >= 0.3 is 0 Å². The average Bonchev–Trinajstić information content (AvgIpc) is 3.30. The highest BCUT2D eigenvalue weighted by molar-refractivity contribution is 6.03. The van der Waals surface area contributed by atoms with E-state index in [1.165, 1.54) is 21.5 Å². The zero-order valence-electron chi connectivity index (χ0n) is 17.6. The van der Waals surface area contributed by atoms with Crippen molar-refractivity contribution >= 4 is 44.3 Å². The molecule has 150 valence electrons. The van der Waals surface area contributed by atoms with E-state index >= 15 is 0 Å². The Morgan fingerprint density at radius 1 is 0.516 bits per heavy atom. The Bertz CT molecular complexity index is 1340. The van der Waals surface area contributed by atoms with Gasteiger partial charge in [-0.3, -0.25) is 9.98 Å². The summed E-state index contributed by atoms with van der Waals surface area (Å²) in [5.41, 5.74) is 5.79. The Morgan fingerprint density at radius 3 is 1.39 bits per heavy atom. The number of hydrogen-bond donors (Lipinski definition) is 1. The number of nitrogens with one attached hydrogen (secondary N) is 1. The Balaban J connectivity index is 1.41. The van der Waals surface area contributed by atoms with E-state index in [0.29, 0.717) is 0 Å². The monoisotopic (exact) mass is 401 g/mol. The summed E-state index contributed by atoms with van der Waals surface area (Å²) in [4.78, 5) is 13.1. The van der Waals surface area contributed by atoms with Crippen LogP contribution in [0.3, 0.4) is 0 Å². The summed E-state index contributed by atoms with van der Waals surface area (Å²) in [6, 6.07) is 33.4. The highest BCUT2D eigenvalue weighted by Crippen LogP contribution is 2.23. The average molecular weight is 402 g/mol. The van der Waals surface area contributed by atoms with E-state index < -0.39 is 0 Å². The molecule has 5 rings (SSSR count). The van der Waals surface area contributed by atoms with Crippen molar-refractivity contribution in [2.24, 2.45) is 9.98 Å². The van der Waals surface area contributed by atoms with E-state index in [9.17, 15) is 0 Å². The van der Waals surface area contributed by atoms with Crippen LogP contribution >= 0.6 is 0 Å². The van der Waals surface area contributed by atoms with Crippen molar-refractivity contribution in [1.29, 1.82) is 0 Å². The standard InChI is InChI=1S/C28H23N3/c1-19(29-25-13-11-21-7-3-5-9-23(21)17-25)27-15-16-28(31-27)20(2)30-26-14-12-22-8-4-6-10-24(22)18-26/h3-18,31H,1-2H3. The minimum atomic E-state index is 0.944. The Kier molecular flexibility index (Phi) is 4.93. The number of benzene rings is 4. The minimum absolute atomic E-state index is 0.944. The van der Waals surface area contributed by atoms with Gasteiger partial charge in [0, 0.05) is 0 Å². The molecular weight excluding hydrogens is 378 g/mol. The van der Waals surface area contributed by atoms with E-state index in [4.69, 9.17) is 9.98 Å². The second-order valence-corrected chi connectivity index (χ2v) is 7.74. The lowest BCUT2D eigenvalue weighted by Crippen LogP contribution is -1.98. The van der Waals surface area contributed by atoms with Gasteiger partial charge in [-0.25, -0.2) is 0 Å². The van der Waals surface area contributed by atoms with Crippen molar-refractivity contribution in [2.75, 3.05) is 0 Å². The fourth-order valence-corrected chi connectivity index (χ4v) is 3.82. The van der Waals surface area contributed by atoms with Gasteiger partial charge in [-0.2, -0.15) is 0 Å². The SMILES string of the molecule is CC(=Nc1ccc2ccccc2c1)c1ccc(C(C)=Nc2ccc3ccccc3c2)[nH]1. The smallest absolute Gasteiger partial charge is 0.0640 e. The number of aliphatic imine (C=N–C) groups is 2. The summed E-state index contributed by atoms with van der Waals surface area (Å²) in [6.07, 6.45) is 0. The molecule has 0 fully saturated rings. The second kappa shape index (κ2) is 8.04. The van der Waals surface area contributed by atoms with Crippen LogP contribution in [-0.4, -0.2) is 16.4 Å². The third-order valence-corrected chi connectivity index (χ3v) is 5.53. The van der Waals surface area contributed by atoms with Crippen molar-refractivity contribution in [3.05, 3.63) is 108 Å². The van der Waals surface area contributed by atoms with E-state index in [-0.39, 0.29) is 0 Å². The first-order valence-corrected chi connectivity index (χ1v) is 10.4. The predicted octanol–water partition coefficient (Wildman–Crippen LogP) is 7.60. The summed E-state index contributed by atoms with van der Waals surface area (Å²) in [7, 11) is 0. The molecule has 4 aromatic carbocycles. The van der Waals surface area contributed by atoms with Crippen LogP contribution in [-0.2, 0) is 0 Å². The molecule has 5 aromatic rings. The fourth-order valence-electron chi connectivity index (χ4n) is 3.82. The van der Waals surface area contributed by atoms with Crippen LogP contribution in [0.1, 0.15) is 25.2 Å². The van der Waals surface area contributed by atoms with Crippen LogP contribution in [0.5, 0.6) is 0 Å². The van der Waals surface area contributed by atoms with Crippen LogP contribution in [0.25, 0.3) is 21.5 Å². The second-order valence-electron chi connectivity index (χ2n) is 7.74. The normalized spacial score (nSPS) is 12.6. The van der Waals surface area contributed by atoms with Crippen molar-refractivity contribution in [2.45, 2.75) is 13.8 Å². The molecule has 1 N–H and O–H groups in total. The van der Waals surface area contributed by atoms with E-state index in [1.807, 2.05) is 13.8 Å². The van der Waals surface area contributed by atoms with Crippen molar-refractivity contribution in [1.82, 2.24) is 4.98 Å². The first-order chi connectivity index (χ1) is 15.2. The van der Waals surface area contributed by atoms with E-state index in [1.54, 1.807) is 0 Å². The molecule has 0 aliphatic carbocycles. The number of nitrogens with zero attached hydrogens (tertiary/aromatic N) is 2. The van der Waals surface area contributed by atoms with Crippen LogP contribution in [0, 0.1) is 0 Å². The van der Waals surface area contributed by atoms with Crippen molar-refractivity contribution < 1.29 is 0 Å². The maximum Gasteiger partial charge on any atom is 0.0640 e. The largest absolute Gasteiger partial charge is 0.353 e. The molecular formula is C28H23N3. The number of fused-ring (bicyclic) bond motifs is 2. The van der Waals surface area contributed by atoms with Gasteiger partial charge in [-0.05, 0) is 71.8 Å². The zero-order valence-corrected chi connectivity index (χ0v) is 17.6. The van der Waals surface area contributed by atoms with Gasteiger partial charge in [0.25, 0.3) is 0 Å². The third kappa shape index (κ3) is 4.03. The maximum absolute atomic E-state index is 4.82. The number of rotatable bonds is 4. The zero-order chi connectivity index (χ0) is 21.2. The molecule has 0 atom stereocenters. The highest BCUT2D eigenvalue weighted by atomic mass is 14.8. The minimum Gasteiger partial charge on any atom is -0.353 e. The lowest BCUT2D eigenvalue weighted by atomic mass is 10.1. The number of aromatic nitrogens is 1. The maximum atomic E-state index is 4.82. The third-order valence-electron chi connectivity index (χ3n) is 5.53. The van der Waals surface area contributed by atoms with Crippen LogP contribution in [0.4, 0.5) is 11.4 Å². The molecule has 0 aliphatic rings. The lowest BCUT2D eigenvalue weighted by Gasteiger charge is -2.03. The molecule has 1 heterocycles. The van der Waals surface area contributed by atoms with Gasteiger partial charge in [0.2, 0.25) is 0 Å². The van der Waals surface area contributed by atoms with Gasteiger partial charge in [0.05, 0.1) is 34.2 Å². The molecule has 0 saturated carbocycles. The Hall–Kier alpha value is -3.98. The molecule has 0 amide bonds. The van der Waals surface area contributed by atoms with E-state index in [2.05, 4.69) is 102 Å². The first kappa shape index (κ1) is 19.0. The molecule has 0 radical (unpaired) electrons. The summed E-state index contributed by atoms with van der Waals surface area (Å²) in [5, 5.41) is 4.84. The molecule has 0 bridgehead atoms. The molecule has 0 spiro atoms. The molecule has 1 aromatic heterocycles. The molecule has 3 heteroatoms. The fraction of sp³-hybridized carbons (Fsp3) is 0.0714. The number of H-pyrrole nitrogens is 1. The predicted molar refractivity (Wildman–Crippen MR) is 132 cm³/mol. The van der Waals surface area contributed by atoms with Crippen molar-refractivity contribution in [3.63, 3.8) is 0 Å².